The van der Waals surface area contributed by atoms with E-state index in [9.17, 15) is 13.6 Å². The number of alkyl halides is 2. The molecule has 0 radical (unpaired) electrons. The zero-order valence-corrected chi connectivity index (χ0v) is 8.93. The van der Waals surface area contributed by atoms with E-state index in [-0.39, 0.29) is 43.6 Å². The van der Waals surface area contributed by atoms with E-state index in [1.165, 1.54) is 0 Å². The summed E-state index contributed by atoms with van der Waals surface area (Å²) in [5.41, 5.74) is 5.48. The summed E-state index contributed by atoms with van der Waals surface area (Å²) >= 11 is 0. The second-order valence-electron chi connectivity index (χ2n) is 4.35. The molecule has 0 aromatic carbocycles. The van der Waals surface area contributed by atoms with Crippen LogP contribution in [0.25, 0.3) is 0 Å². The van der Waals surface area contributed by atoms with Crippen molar-refractivity contribution in [3.8, 4) is 0 Å². The van der Waals surface area contributed by atoms with Gasteiger partial charge in [-0.2, -0.15) is 0 Å². The lowest BCUT2D eigenvalue weighted by Gasteiger charge is -2.27. The lowest BCUT2D eigenvalue weighted by molar-refractivity contribution is -0.129. The van der Waals surface area contributed by atoms with Gasteiger partial charge in [-0.1, -0.05) is 0 Å². The second kappa shape index (κ2) is 4.88. The number of hydrogen-bond donors (Lipinski definition) is 2. The summed E-state index contributed by atoms with van der Waals surface area (Å²) in [6.45, 7) is 2.20. The number of rotatable bonds is 3. The van der Waals surface area contributed by atoms with Crippen LogP contribution in [0.5, 0.6) is 0 Å². The molecule has 0 aromatic heterocycles. The molecule has 1 aliphatic rings. The Hall–Kier alpha value is -0.710. The van der Waals surface area contributed by atoms with Crippen LogP contribution in [-0.4, -0.2) is 24.4 Å². The lowest BCUT2D eigenvalue weighted by Crippen LogP contribution is -2.40. The van der Waals surface area contributed by atoms with Gasteiger partial charge in [0.1, 0.15) is 0 Å². The van der Waals surface area contributed by atoms with E-state index in [0.29, 0.717) is 6.54 Å². The molecule has 0 spiro atoms. The summed E-state index contributed by atoms with van der Waals surface area (Å²) in [4.78, 5) is 11.5. The van der Waals surface area contributed by atoms with Gasteiger partial charge in [0.2, 0.25) is 11.8 Å². The van der Waals surface area contributed by atoms with E-state index in [1.54, 1.807) is 6.92 Å². The first-order valence-electron chi connectivity index (χ1n) is 5.32. The molecule has 3 N–H and O–H groups in total. The van der Waals surface area contributed by atoms with Crippen LogP contribution in [0.4, 0.5) is 8.78 Å². The fraction of sp³-hybridized carbons (Fsp3) is 0.900. The van der Waals surface area contributed by atoms with Crippen LogP contribution >= 0.6 is 0 Å². The van der Waals surface area contributed by atoms with E-state index in [1.807, 2.05) is 0 Å². The summed E-state index contributed by atoms with van der Waals surface area (Å²) in [6.07, 6.45) is 0.197. The molecule has 0 saturated heterocycles. The van der Waals surface area contributed by atoms with Crippen LogP contribution in [0.15, 0.2) is 0 Å². The second-order valence-corrected chi connectivity index (χ2v) is 4.35. The van der Waals surface area contributed by atoms with Crippen LogP contribution in [0, 0.1) is 5.92 Å². The number of carbonyl (C=O) groups excluding carboxylic acids is 1. The van der Waals surface area contributed by atoms with E-state index in [4.69, 9.17) is 5.73 Å². The predicted octanol–water partition coefficient (Wildman–Crippen LogP) is 1.28. The van der Waals surface area contributed by atoms with Crippen molar-refractivity contribution in [2.45, 2.75) is 44.6 Å². The number of hydrogen-bond acceptors (Lipinski definition) is 2. The minimum absolute atomic E-state index is 0.0982. The minimum atomic E-state index is -2.57. The molecule has 0 aromatic rings. The van der Waals surface area contributed by atoms with Crippen LogP contribution in [0.3, 0.4) is 0 Å². The molecule has 3 nitrogen and oxygen atoms in total. The van der Waals surface area contributed by atoms with E-state index in [2.05, 4.69) is 5.32 Å². The summed E-state index contributed by atoms with van der Waals surface area (Å²) in [7, 11) is 0. The molecular formula is C10H18F2N2O. The quantitative estimate of drug-likeness (QED) is 0.752. The van der Waals surface area contributed by atoms with E-state index >= 15 is 0 Å². The van der Waals surface area contributed by atoms with Gasteiger partial charge < -0.3 is 11.1 Å². The molecule has 1 saturated carbocycles. The molecule has 5 heteroatoms. The number of halogens is 2. The van der Waals surface area contributed by atoms with Crippen molar-refractivity contribution in [3.63, 3.8) is 0 Å². The Morgan fingerprint density at radius 2 is 2.07 bits per heavy atom. The third kappa shape index (κ3) is 4.11. The minimum Gasteiger partial charge on any atom is -0.354 e. The van der Waals surface area contributed by atoms with Gasteiger partial charge in [0, 0.05) is 31.3 Å². The summed E-state index contributed by atoms with van der Waals surface area (Å²) in [5, 5.41) is 2.67. The first-order valence-corrected chi connectivity index (χ1v) is 5.32. The van der Waals surface area contributed by atoms with Crippen molar-refractivity contribution in [2.24, 2.45) is 11.7 Å². The molecule has 1 atom stereocenters. The Morgan fingerprint density at radius 3 is 2.53 bits per heavy atom. The summed E-state index contributed by atoms with van der Waals surface area (Å²) in [6, 6.07) is -0.0982. The highest BCUT2D eigenvalue weighted by molar-refractivity contribution is 5.78. The number of nitrogens with two attached hydrogens (primary N) is 1. The summed E-state index contributed by atoms with van der Waals surface area (Å²) in [5.74, 6) is -2.97. The van der Waals surface area contributed by atoms with Crippen molar-refractivity contribution in [1.82, 2.24) is 5.32 Å². The maximum Gasteiger partial charge on any atom is 0.248 e. The van der Waals surface area contributed by atoms with Crippen molar-refractivity contribution in [2.75, 3.05) is 6.54 Å². The first kappa shape index (κ1) is 12.4. The van der Waals surface area contributed by atoms with Gasteiger partial charge >= 0.3 is 0 Å². The molecule has 1 aliphatic carbocycles. The maximum absolute atomic E-state index is 12.8. The van der Waals surface area contributed by atoms with Crippen LogP contribution in [-0.2, 0) is 4.79 Å². The Labute approximate surface area is 88.4 Å². The highest BCUT2D eigenvalue weighted by atomic mass is 19.3. The molecule has 1 amide bonds. The van der Waals surface area contributed by atoms with Crippen LogP contribution in [0.2, 0.25) is 0 Å². The van der Waals surface area contributed by atoms with Crippen LogP contribution in [0.1, 0.15) is 32.6 Å². The van der Waals surface area contributed by atoms with Crippen molar-refractivity contribution in [1.29, 1.82) is 0 Å². The fourth-order valence-corrected chi connectivity index (χ4v) is 1.71. The van der Waals surface area contributed by atoms with Gasteiger partial charge in [-0.3, -0.25) is 4.79 Å². The largest absolute Gasteiger partial charge is 0.354 e. The Kier molecular flexibility index (Phi) is 4.02. The standard InChI is InChI=1S/C10H18F2N2O/c1-7(13)6-14-9(15)8-2-4-10(11,12)5-3-8/h7-8H,2-6,13H2,1H3,(H,14,15). The van der Waals surface area contributed by atoms with E-state index in [0.717, 1.165) is 0 Å². The molecule has 88 valence electrons. The molecule has 0 aliphatic heterocycles. The Morgan fingerprint density at radius 1 is 1.53 bits per heavy atom. The molecule has 15 heavy (non-hydrogen) atoms. The van der Waals surface area contributed by atoms with Gasteiger partial charge in [0.15, 0.2) is 0 Å². The van der Waals surface area contributed by atoms with Gasteiger partial charge in [-0.05, 0) is 19.8 Å². The highest BCUT2D eigenvalue weighted by Gasteiger charge is 2.37. The fourth-order valence-electron chi connectivity index (χ4n) is 1.71. The molecule has 0 bridgehead atoms. The normalized spacial score (nSPS) is 23.5. The van der Waals surface area contributed by atoms with Gasteiger partial charge in [-0.25, -0.2) is 8.78 Å². The zero-order chi connectivity index (χ0) is 11.5. The molecule has 1 rings (SSSR count). The van der Waals surface area contributed by atoms with Crippen molar-refractivity contribution < 1.29 is 13.6 Å². The topological polar surface area (TPSA) is 55.1 Å². The SMILES string of the molecule is CC(N)CNC(=O)C1CCC(F)(F)CC1. The lowest BCUT2D eigenvalue weighted by atomic mass is 9.86. The average Bonchev–Trinajstić information content (AvgIpc) is 2.14. The summed E-state index contributed by atoms with van der Waals surface area (Å²) < 4.78 is 25.6. The van der Waals surface area contributed by atoms with Crippen LogP contribution < -0.4 is 11.1 Å². The number of carbonyl (C=O) groups is 1. The first-order chi connectivity index (χ1) is 6.91. The van der Waals surface area contributed by atoms with Gasteiger partial charge in [0.25, 0.3) is 0 Å². The van der Waals surface area contributed by atoms with Gasteiger partial charge in [-0.15, -0.1) is 0 Å². The smallest absolute Gasteiger partial charge is 0.248 e. The molecular weight excluding hydrogens is 202 g/mol. The average molecular weight is 220 g/mol. The molecule has 1 fully saturated rings. The number of amides is 1. The number of nitrogens with one attached hydrogen (secondary N) is 1. The highest BCUT2D eigenvalue weighted by Crippen LogP contribution is 2.36. The van der Waals surface area contributed by atoms with Gasteiger partial charge in [0.05, 0.1) is 0 Å². The molecule has 1 unspecified atom stereocenters. The van der Waals surface area contributed by atoms with Crippen molar-refractivity contribution >= 4 is 5.91 Å². The predicted molar refractivity (Wildman–Crippen MR) is 53.6 cm³/mol. The Bertz CT molecular complexity index is 221. The van der Waals surface area contributed by atoms with Crippen molar-refractivity contribution in [3.05, 3.63) is 0 Å². The monoisotopic (exact) mass is 220 g/mol. The maximum atomic E-state index is 12.8. The zero-order valence-electron chi connectivity index (χ0n) is 8.93. The Balaban J connectivity index is 2.30. The molecule has 0 heterocycles. The third-order valence-corrected chi connectivity index (χ3v) is 2.69. The van der Waals surface area contributed by atoms with E-state index < -0.39 is 5.92 Å². The third-order valence-electron chi connectivity index (χ3n) is 2.69.